The van der Waals surface area contributed by atoms with Gasteiger partial charge in [0.15, 0.2) is 6.61 Å². The Morgan fingerprint density at radius 2 is 2.24 bits per heavy atom. The van der Waals surface area contributed by atoms with Gasteiger partial charge in [0, 0.05) is 0 Å². The molecule has 1 heterocycles. The fourth-order valence-electron chi connectivity index (χ4n) is 1.91. The van der Waals surface area contributed by atoms with Gasteiger partial charge in [-0.3, -0.25) is 4.79 Å². The molecule has 0 radical (unpaired) electrons. The Kier molecular flexibility index (Phi) is 3.31. The van der Waals surface area contributed by atoms with Crippen molar-refractivity contribution in [1.29, 1.82) is 0 Å². The van der Waals surface area contributed by atoms with Gasteiger partial charge in [0.05, 0.1) is 12.2 Å². The number of alkyl halides is 1. The summed E-state index contributed by atoms with van der Waals surface area (Å²) in [6, 6.07) is 5.71. The van der Waals surface area contributed by atoms with Crippen molar-refractivity contribution in [3.63, 3.8) is 0 Å². The number of carbonyl (C=O) groups is 1. The molecule has 2 rings (SSSR count). The lowest BCUT2D eigenvalue weighted by molar-refractivity contribution is -0.121. The third kappa shape index (κ3) is 2.25. The molecule has 3 nitrogen and oxygen atoms in total. The fraction of sp³-hybridized carbons (Fsp3) is 0.462. The van der Waals surface area contributed by atoms with E-state index in [1.54, 1.807) is 0 Å². The fourth-order valence-corrected chi connectivity index (χ4v) is 1.91. The highest BCUT2D eigenvalue weighted by molar-refractivity contribution is 5.97. The number of ether oxygens (including phenoxy) is 1. The molecule has 0 aromatic heterocycles. The van der Waals surface area contributed by atoms with Gasteiger partial charge < -0.3 is 9.64 Å². The maximum atomic E-state index is 12.4. The van der Waals surface area contributed by atoms with Gasteiger partial charge >= 0.3 is 0 Å². The Morgan fingerprint density at radius 3 is 2.88 bits per heavy atom. The van der Waals surface area contributed by atoms with Crippen LogP contribution in [0.4, 0.5) is 10.1 Å². The Morgan fingerprint density at radius 1 is 1.47 bits per heavy atom. The Hall–Kier alpha value is -1.58. The van der Waals surface area contributed by atoms with E-state index < -0.39 is 6.67 Å². The highest BCUT2D eigenvalue weighted by Crippen LogP contribution is 2.34. The van der Waals surface area contributed by atoms with Crippen LogP contribution in [0.15, 0.2) is 18.2 Å². The number of rotatable bonds is 3. The summed E-state index contributed by atoms with van der Waals surface area (Å²) in [5.41, 5.74) is 1.82. The van der Waals surface area contributed by atoms with Crippen LogP contribution >= 0.6 is 0 Å². The van der Waals surface area contributed by atoms with E-state index in [-0.39, 0.29) is 19.1 Å². The largest absolute Gasteiger partial charge is 0.482 e. The Labute approximate surface area is 100 Å². The van der Waals surface area contributed by atoms with Crippen molar-refractivity contribution < 1.29 is 13.9 Å². The molecule has 0 bridgehead atoms. The van der Waals surface area contributed by atoms with Crippen LogP contribution in [-0.4, -0.2) is 25.7 Å². The summed E-state index contributed by atoms with van der Waals surface area (Å²) in [4.78, 5) is 13.0. The summed E-state index contributed by atoms with van der Waals surface area (Å²) in [6.07, 6.45) is 0. The van der Waals surface area contributed by atoms with Crippen LogP contribution < -0.4 is 9.64 Å². The molecule has 0 saturated carbocycles. The predicted octanol–water partition coefficient (Wildman–Crippen LogP) is 2.50. The standard InChI is InChI=1S/C13H16FNO2/c1-9(2)10-3-4-11-12(7-10)17-8-13(16)15(11)6-5-14/h3-4,7,9H,5-6,8H2,1-2H3. The molecular weight excluding hydrogens is 221 g/mol. The molecule has 0 spiro atoms. The third-order valence-corrected chi connectivity index (χ3v) is 2.90. The minimum atomic E-state index is -0.545. The zero-order chi connectivity index (χ0) is 12.4. The van der Waals surface area contributed by atoms with Crippen molar-refractivity contribution in [2.45, 2.75) is 19.8 Å². The summed E-state index contributed by atoms with van der Waals surface area (Å²) < 4.78 is 17.8. The number of fused-ring (bicyclic) bond motifs is 1. The maximum absolute atomic E-state index is 12.4. The normalized spacial score (nSPS) is 14.8. The second kappa shape index (κ2) is 4.73. The predicted molar refractivity (Wildman–Crippen MR) is 64.4 cm³/mol. The zero-order valence-corrected chi connectivity index (χ0v) is 10.1. The summed E-state index contributed by atoms with van der Waals surface area (Å²) in [6.45, 7) is 3.73. The highest BCUT2D eigenvalue weighted by Gasteiger charge is 2.25. The minimum absolute atomic E-state index is 0.00541. The molecule has 1 aromatic rings. The van der Waals surface area contributed by atoms with Crippen molar-refractivity contribution in [2.24, 2.45) is 0 Å². The van der Waals surface area contributed by atoms with Crippen LogP contribution in [0.3, 0.4) is 0 Å². The van der Waals surface area contributed by atoms with Crippen LogP contribution in [0.1, 0.15) is 25.3 Å². The molecule has 0 fully saturated rings. The lowest BCUT2D eigenvalue weighted by Crippen LogP contribution is -2.40. The topological polar surface area (TPSA) is 29.5 Å². The molecule has 0 N–H and O–H groups in total. The van der Waals surface area contributed by atoms with Gasteiger partial charge in [0.1, 0.15) is 12.4 Å². The number of hydrogen-bond acceptors (Lipinski definition) is 2. The number of hydrogen-bond donors (Lipinski definition) is 0. The van der Waals surface area contributed by atoms with Crippen LogP contribution in [0.5, 0.6) is 5.75 Å². The number of nitrogens with zero attached hydrogens (tertiary/aromatic N) is 1. The average Bonchev–Trinajstić information content (AvgIpc) is 2.32. The van der Waals surface area contributed by atoms with E-state index in [4.69, 9.17) is 4.74 Å². The van der Waals surface area contributed by atoms with Gasteiger partial charge in [-0.25, -0.2) is 4.39 Å². The average molecular weight is 237 g/mol. The van der Waals surface area contributed by atoms with Crippen LogP contribution in [0, 0.1) is 0 Å². The van der Waals surface area contributed by atoms with Crippen LogP contribution in [0.2, 0.25) is 0 Å². The van der Waals surface area contributed by atoms with E-state index in [1.807, 2.05) is 18.2 Å². The molecule has 0 atom stereocenters. The first-order valence-electron chi connectivity index (χ1n) is 5.76. The van der Waals surface area contributed by atoms with Gasteiger partial charge in [-0.2, -0.15) is 0 Å². The van der Waals surface area contributed by atoms with Gasteiger partial charge in [-0.05, 0) is 23.6 Å². The molecule has 1 aliphatic rings. The molecule has 1 aliphatic heterocycles. The third-order valence-electron chi connectivity index (χ3n) is 2.90. The van der Waals surface area contributed by atoms with E-state index >= 15 is 0 Å². The summed E-state index contributed by atoms with van der Waals surface area (Å²) in [5.74, 6) is 0.882. The summed E-state index contributed by atoms with van der Waals surface area (Å²) in [5, 5.41) is 0. The monoisotopic (exact) mass is 237 g/mol. The molecule has 92 valence electrons. The minimum Gasteiger partial charge on any atom is -0.482 e. The van der Waals surface area contributed by atoms with E-state index in [0.29, 0.717) is 17.4 Å². The molecule has 1 aromatic carbocycles. The smallest absolute Gasteiger partial charge is 0.265 e. The maximum Gasteiger partial charge on any atom is 0.265 e. The number of anilines is 1. The molecule has 17 heavy (non-hydrogen) atoms. The van der Waals surface area contributed by atoms with E-state index in [9.17, 15) is 9.18 Å². The molecule has 0 aliphatic carbocycles. The molecule has 0 saturated heterocycles. The first-order valence-corrected chi connectivity index (χ1v) is 5.76. The van der Waals surface area contributed by atoms with Crippen molar-refractivity contribution >= 4 is 11.6 Å². The van der Waals surface area contributed by atoms with Gasteiger partial charge in [0.2, 0.25) is 0 Å². The van der Waals surface area contributed by atoms with Crippen molar-refractivity contribution in [3.05, 3.63) is 23.8 Å². The van der Waals surface area contributed by atoms with E-state index in [0.717, 1.165) is 5.56 Å². The van der Waals surface area contributed by atoms with Crippen molar-refractivity contribution in [3.8, 4) is 5.75 Å². The van der Waals surface area contributed by atoms with Gasteiger partial charge in [0.25, 0.3) is 5.91 Å². The molecule has 4 heteroatoms. The van der Waals surface area contributed by atoms with Crippen LogP contribution in [0.25, 0.3) is 0 Å². The van der Waals surface area contributed by atoms with Crippen molar-refractivity contribution in [2.75, 3.05) is 24.7 Å². The van der Waals surface area contributed by atoms with Crippen LogP contribution in [-0.2, 0) is 4.79 Å². The number of benzene rings is 1. The Bertz CT molecular complexity index is 431. The quantitative estimate of drug-likeness (QED) is 0.808. The SMILES string of the molecule is CC(C)c1ccc2c(c1)OCC(=O)N2CCF. The first kappa shape index (κ1) is 11.9. The second-order valence-electron chi connectivity index (χ2n) is 4.40. The zero-order valence-electron chi connectivity index (χ0n) is 10.1. The number of carbonyl (C=O) groups excluding carboxylic acids is 1. The van der Waals surface area contributed by atoms with E-state index in [1.165, 1.54) is 4.90 Å². The number of halogens is 1. The van der Waals surface area contributed by atoms with Gasteiger partial charge in [-0.1, -0.05) is 19.9 Å². The second-order valence-corrected chi connectivity index (χ2v) is 4.40. The highest BCUT2D eigenvalue weighted by atomic mass is 19.1. The molecule has 1 amide bonds. The van der Waals surface area contributed by atoms with Gasteiger partial charge in [-0.15, -0.1) is 0 Å². The lowest BCUT2D eigenvalue weighted by Gasteiger charge is -2.29. The lowest BCUT2D eigenvalue weighted by atomic mass is 10.0. The van der Waals surface area contributed by atoms with Crippen molar-refractivity contribution in [1.82, 2.24) is 0 Å². The first-order chi connectivity index (χ1) is 8.13. The van der Waals surface area contributed by atoms with E-state index in [2.05, 4.69) is 13.8 Å². The summed E-state index contributed by atoms with van der Waals surface area (Å²) in [7, 11) is 0. The molecule has 0 unspecified atom stereocenters. The summed E-state index contributed by atoms with van der Waals surface area (Å²) >= 11 is 0. The number of amides is 1. The Balaban J connectivity index is 2.37. The molecular formula is C13H16FNO2.